The van der Waals surface area contributed by atoms with Crippen molar-refractivity contribution in [2.24, 2.45) is 5.73 Å². The van der Waals surface area contributed by atoms with Gasteiger partial charge in [0.25, 0.3) is 5.56 Å². The molecule has 1 heterocycles. The van der Waals surface area contributed by atoms with Gasteiger partial charge in [0.15, 0.2) is 0 Å². The molecule has 1 aromatic heterocycles. The van der Waals surface area contributed by atoms with E-state index >= 15 is 0 Å². The van der Waals surface area contributed by atoms with Gasteiger partial charge in [-0.3, -0.25) is 9.36 Å². The van der Waals surface area contributed by atoms with Crippen molar-refractivity contribution in [3.8, 4) is 5.69 Å². The highest BCUT2D eigenvalue weighted by Gasteiger charge is 2.15. The van der Waals surface area contributed by atoms with Crippen LogP contribution in [0.4, 0.5) is 8.78 Å². The second-order valence-electron chi connectivity index (χ2n) is 5.66. The number of para-hydroxylation sites is 1. The summed E-state index contributed by atoms with van der Waals surface area (Å²) in [4.78, 5) is 17.5. The van der Waals surface area contributed by atoms with Crippen molar-refractivity contribution >= 4 is 10.9 Å². The number of hydrogen-bond donors (Lipinski definition) is 1. The van der Waals surface area contributed by atoms with E-state index in [4.69, 9.17) is 5.73 Å². The molecule has 0 fully saturated rings. The Balaban J connectivity index is 2.35. The Morgan fingerprint density at radius 3 is 2.54 bits per heavy atom. The SMILES string of the molecule is Cc1cccc2c(=O)n(-c3cc(F)cc(F)c3)c(CCCN)nc12. The zero-order valence-corrected chi connectivity index (χ0v) is 13.2. The fourth-order valence-electron chi connectivity index (χ4n) is 2.76. The zero-order chi connectivity index (χ0) is 17.3. The summed E-state index contributed by atoms with van der Waals surface area (Å²) in [6.07, 6.45) is 1.05. The highest BCUT2D eigenvalue weighted by Crippen LogP contribution is 2.18. The first-order valence-corrected chi connectivity index (χ1v) is 7.69. The maximum atomic E-state index is 13.6. The first kappa shape index (κ1) is 16.3. The minimum absolute atomic E-state index is 0.125. The van der Waals surface area contributed by atoms with E-state index in [2.05, 4.69) is 4.98 Å². The molecule has 24 heavy (non-hydrogen) atoms. The third-order valence-corrected chi connectivity index (χ3v) is 3.88. The Kier molecular flexibility index (Phi) is 4.40. The van der Waals surface area contributed by atoms with Gasteiger partial charge in [-0.05, 0) is 43.7 Å². The summed E-state index contributed by atoms with van der Waals surface area (Å²) in [6.45, 7) is 2.30. The number of aromatic nitrogens is 2. The third-order valence-electron chi connectivity index (χ3n) is 3.88. The summed E-state index contributed by atoms with van der Waals surface area (Å²) in [5.41, 5.74) is 6.81. The van der Waals surface area contributed by atoms with E-state index in [1.807, 2.05) is 13.0 Å². The topological polar surface area (TPSA) is 60.9 Å². The van der Waals surface area contributed by atoms with Crippen LogP contribution in [0.5, 0.6) is 0 Å². The van der Waals surface area contributed by atoms with Gasteiger partial charge < -0.3 is 5.73 Å². The fourth-order valence-corrected chi connectivity index (χ4v) is 2.76. The summed E-state index contributed by atoms with van der Waals surface area (Å²) >= 11 is 0. The van der Waals surface area contributed by atoms with Gasteiger partial charge in [0.2, 0.25) is 0 Å². The predicted molar refractivity (Wildman–Crippen MR) is 89.4 cm³/mol. The Morgan fingerprint density at radius 1 is 1.17 bits per heavy atom. The molecule has 0 saturated heterocycles. The molecule has 0 spiro atoms. The number of fused-ring (bicyclic) bond motifs is 1. The normalized spacial score (nSPS) is 11.2. The molecule has 0 radical (unpaired) electrons. The van der Waals surface area contributed by atoms with Crippen LogP contribution >= 0.6 is 0 Å². The number of halogens is 2. The summed E-state index contributed by atoms with van der Waals surface area (Å²) in [7, 11) is 0. The van der Waals surface area contributed by atoms with Crippen LogP contribution in [-0.2, 0) is 6.42 Å². The molecule has 0 aliphatic heterocycles. The fraction of sp³-hybridized carbons (Fsp3) is 0.222. The Labute approximate surface area is 137 Å². The molecule has 0 aliphatic rings. The maximum absolute atomic E-state index is 13.6. The molecule has 0 aliphatic carbocycles. The van der Waals surface area contributed by atoms with Crippen molar-refractivity contribution in [3.05, 3.63) is 69.8 Å². The molecular formula is C18H17F2N3O. The molecule has 3 rings (SSSR count). The van der Waals surface area contributed by atoms with E-state index in [0.29, 0.717) is 36.1 Å². The average Bonchev–Trinajstić information content (AvgIpc) is 2.53. The lowest BCUT2D eigenvalue weighted by atomic mass is 10.1. The molecule has 124 valence electrons. The van der Waals surface area contributed by atoms with Crippen LogP contribution in [0.25, 0.3) is 16.6 Å². The molecule has 3 aromatic rings. The molecule has 0 bridgehead atoms. The van der Waals surface area contributed by atoms with Crippen molar-refractivity contribution in [3.63, 3.8) is 0 Å². The van der Waals surface area contributed by atoms with Crippen LogP contribution in [0.3, 0.4) is 0 Å². The standard InChI is InChI=1S/C18H17F2N3O/c1-11-4-2-5-15-17(11)22-16(6-3-7-21)23(18(15)24)14-9-12(19)8-13(20)10-14/h2,4-5,8-10H,3,6-7,21H2,1H3. The molecule has 0 atom stereocenters. The smallest absolute Gasteiger partial charge is 0.265 e. The van der Waals surface area contributed by atoms with E-state index < -0.39 is 11.6 Å². The van der Waals surface area contributed by atoms with Crippen LogP contribution in [-0.4, -0.2) is 16.1 Å². The highest BCUT2D eigenvalue weighted by molar-refractivity contribution is 5.81. The van der Waals surface area contributed by atoms with Crippen molar-refractivity contribution in [1.82, 2.24) is 9.55 Å². The second-order valence-corrected chi connectivity index (χ2v) is 5.66. The molecule has 0 amide bonds. The quantitative estimate of drug-likeness (QED) is 0.801. The van der Waals surface area contributed by atoms with Crippen LogP contribution in [0.15, 0.2) is 41.2 Å². The molecule has 6 heteroatoms. The van der Waals surface area contributed by atoms with Gasteiger partial charge in [0, 0.05) is 12.5 Å². The van der Waals surface area contributed by atoms with E-state index in [-0.39, 0.29) is 11.2 Å². The van der Waals surface area contributed by atoms with Crippen molar-refractivity contribution in [1.29, 1.82) is 0 Å². The van der Waals surface area contributed by atoms with Gasteiger partial charge in [-0.1, -0.05) is 12.1 Å². The van der Waals surface area contributed by atoms with E-state index in [1.54, 1.807) is 12.1 Å². The van der Waals surface area contributed by atoms with E-state index in [9.17, 15) is 13.6 Å². The van der Waals surface area contributed by atoms with Gasteiger partial charge in [0.05, 0.1) is 16.6 Å². The van der Waals surface area contributed by atoms with Gasteiger partial charge in [-0.2, -0.15) is 0 Å². The molecule has 0 unspecified atom stereocenters. The second kappa shape index (κ2) is 6.49. The lowest BCUT2D eigenvalue weighted by molar-refractivity contribution is 0.580. The molecule has 2 N–H and O–H groups in total. The number of aryl methyl sites for hydroxylation is 2. The number of benzene rings is 2. The van der Waals surface area contributed by atoms with E-state index in [1.165, 1.54) is 4.57 Å². The molecule has 0 saturated carbocycles. The third kappa shape index (κ3) is 2.92. The monoisotopic (exact) mass is 329 g/mol. The lowest BCUT2D eigenvalue weighted by Crippen LogP contribution is -2.25. The van der Waals surface area contributed by atoms with Crippen LogP contribution in [0, 0.1) is 18.6 Å². The first-order valence-electron chi connectivity index (χ1n) is 7.69. The number of rotatable bonds is 4. The number of nitrogens with two attached hydrogens (primary N) is 1. The Bertz CT molecular complexity index is 946. The summed E-state index contributed by atoms with van der Waals surface area (Å²) in [5.74, 6) is -1.05. The number of nitrogens with zero attached hydrogens (tertiary/aromatic N) is 2. The molecule has 4 nitrogen and oxygen atoms in total. The minimum Gasteiger partial charge on any atom is -0.330 e. The number of hydrogen-bond acceptors (Lipinski definition) is 3. The van der Waals surface area contributed by atoms with Crippen LogP contribution in [0.2, 0.25) is 0 Å². The van der Waals surface area contributed by atoms with Crippen molar-refractivity contribution < 1.29 is 8.78 Å². The first-order chi connectivity index (χ1) is 11.5. The summed E-state index contributed by atoms with van der Waals surface area (Å²) in [6, 6.07) is 8.31. The largest absolute Gasteiger partial charge is 0.330 e. The highest BCUT2D eigenvalue weighted by atomic mass is 19.1. The zero-order valence-electron chi connectivity index (χ0n) is 13.2. The molecular weight excluding hydrogens is 312 g/mol. The summed E-state index contributed by atoms with van der Waals surface area (Å²) < 4.78 is 28.5. The van der Waals surface area contributed by atoms with Gasteiger partial charge in [-0.15, -0.1) is 0 Å². The Hall–Kier alpha value is -2.60. The van der Waals surface area contributed by atoms with Crippen molar-refractivity contribution in [2.75, 3.05) is 6.54 Å². The maximum Gasteiger partial charge on any atom is 0.265 e. The van der Waals surface area contributed by atoms with E-state index in [0.717, 1.165) is 23.8 Å². The molecule has 2 aromatic carbocycles. The van der Waals surface area contributed by atoms with Crippen LogP contribution in [0.1, 0.15) is 17.8 Å². The average molecular weight is 329 g/mol. The predicted octanol–water partition coefficient (Wildman–Crippen LogP) is 2.86. The van der Waals surface area contributed by atoms with Gasteiger partial charge in [0.1, 0.15) is 17.5 Å². The van der Waals surface area contributed by atoms with Gasteiger partial charge >= 0.3 is 0 Å². The van der Waals surface area contributed by atoms with Crippen LogP contribution < -0.4 is 11.3 Å². The summed E-state index contributed by atoms with van der Waals surface area (Å²) in [5, 5.41) is 0.413. The van der Waals surface area contributed by atoms with Gasteiger partial charge in [-0.25, -0.2) is 13.8 Å². The van der Waals surface area contributed by atoms with Crippen molar-refractivity contribution in [2.45, 2.75) is 19.8 Å². The Morgan fingerprint density at radius 2 is 1.88 bits per heavy atom. The lowest BCUT2D eigenvalue weighted by Gasteiger charge is -2.14. The minimum atomic E-state index is -0.744.